The third kappa shape index (κ3) is 10.2. The maximum atomic E-state index is 11.7. The first-order chi connectivity index (χ1) is 14.1. The number of unbranched alkanes of at least 4 members (excludes halogenated alkanes) is 7. The topological polar surface area (TPSA) is 71.3 Å². The van der Waals surface area contributed by atoms with E-state index >= 15 is 0 Å². The number of likely N-dealkylation sites (N-methyl/N-ethyl adjacent to an activating group) is 1. The first-order valence-corrected chi connectivity index (χ1v) is 10.9. The first kappa shape index (κ1) is 26.1. The zero-order valence-corrected chi connectivity index (χ0v) is 19.5. The van der Waals surface area contributed by atoms with Crippen molar-refractivity contribution in [3.63, 3.8) is 0 Å². The molecule has 1 aromatic heterocycles. The molecule has 0 aliphatic heterocycles. The number of aromatic nitrogens is 2. The molecule has 1 heterocycles. The fraction of sp³-hybridized carbons (Fsp3) is 0.609. The van der Waals surface area contributed by atoms with Crippen molar-refractivity contribution < 1.29 is 9.32 Å². The van der Waals surface area contributed by atoms with Crippen molar-refractivity contribution in [1.82, 2.24) is 20.4 Å². The zero-order valence-electron chi connectivity index (χ0n) is 18.7. The van der Waals surface area contributed by atoms with Crippen molar-refractivity contribution in [3.05, 3.63) is 35.7 Å². The average Bonchev–Trinajstić information content (AvgIpc) is 3.17. The maximum Gasteiger partial charge on any atom is 0.246 e. The van der Waals surface area contributed by atoms with Gasteiger partial charge in [0.25, 0.3) is 0 Å². The van der Waals surface area contributed by atoms with Gasteiger partial charge in [-0.25, -0.2) is 0 Å². The number of aryl methyl sites for hydroxylation is 1. The van der Waals surface area contributed by atoms with E-state index in [9.17, 15) is 4.79 Å². The standard InChI is InChI=1S/C23H36N4O2.ClH/c1-4-5-6-7-8-9-10-11-12-19-13-15-20(16-14-19)23-25-22(29-26-23)17-24-21(28)18-27(2)3;/h13-16H,4-12,17-18H2,1-3H3,(H,24,28);1H. The number of carbonyl (C=O) groups is 1. The van der Waals surface area contributed by atoms with E-state index < -0.39 is 0 Å². The second-order valence-corrected chi connectivity index (χ2v) is 7.95. The van der Waals surface area contributed by atoms with Crippen molar-refractivity contribution in [2.75, 3.05) is 20.6 Å². The highest BCUT2D eigenvalue weighted by Crippen LogP contribution is 2.18. The molecule has 1 amide bonds. The number of hydrogen-bond donors (Lipinski definition) is 1. The second kappa shape index (κ2) is 15.0. The predicted molar refractivity (Wildman–Crippen MR) is 124 cm³/mol. The third-order valence-corrected chi connectivity index (χ3v) is 4.90. The molecular weight excluding hydrogens is 400 g/mol. The summed E-state index contributed by atoms with van der Waals surface area (Å²) in [6.07, 6.45) is 11.8. The molecule has 0 bridgehead atoms. The molecule has 0 spiro atoms. The van der Waals surface area contributed by atoms with E-state index in [1.807, 2.05) is 31.1 Å². The Kier molecular flexibility index (Phi) is 13.0. The second-order valence-electron chi connectivity index (χ2n) is 7.95. The number of amides is 1. The fourth-order valence-corrected chi connectivity index (χ4v) is 3.24. The van der Waals surface area contributed by atoms with E-state index in [0.717, 1.165) is 12.0 Å². The van der Waals surface area contributed by atoms with Crippen molar-refractivity contribution in [2.45, 2.75) is 71.3 Å². The minimum Gasteiger partial charge on any atom is -0.346 e. The molecule has 0 aliphatic rings. The lowest BCUT2D eigenvalue weighted by Crippen LogP contribution is -2.32. The van der Waals surface area contributed by atoms with Crippen LogP contribution in [-0.2, 0) is 17.8 Å². The van der Waals surface area contributed by atoms with Crippen molar-refractivity contribution in [1.29, 1.82) is 0 Å². The zero-order chi connectivity index (χ0) is 20.9. The van der Waals surface area contributed by atoms with Crippen LogP contribution in [-0.4, -0.2) is 41.6 Å². The van der Waals surface area contributed by atoms with Crippen LogP contribution in [0.4, 0.5) is 0 Å². The van der Waals surface area contributed by atoms with Gasteiger partial charge in [-0.15, -0.1) is 12.4 Å². The van der Waals surface area contributed by atoms with Crippen LogP contribution in [0.2, 0.25) is 0 Å². The minimum absolute atomic E-state index is 0. The van der Waals surface area contributed by atoms with Crippen molar-refractivity contribution in [3.8, 4) is 11.4 Å². The van der Waals surface area contributed by atoms with Crippen molar-refractivity contribution in [2.24, 2.45) is 0 Å². The number of rotatable bonds is 14. The van der Waals surface area contributed by atoms with Gasteiger partial charge in [-0.2, -0.15) is 4.98 Å². The Bertz CT molecular complexity index is 716. The van der Waals surface area contributed by atoms with Crippen LogP contribution in [0.15, 0.2) is 28.8 Å². The lowest BCUT2D eigenvalue weighted by atomic mass is 10.0. The maximum absolute atomic E-state index is 11.7. The van der Waals surface area contributed by atoms with E-state index in [4.69, 9.17) is 4.52 Å². The molecule has 168 valence electrons. The highest BCUT2D eigenvalue weighted by atomic mass is 35.5. The molecule has 0 atom stereocenters. The summed E-state index contributed by atoms with van der Waals surface area (Å²) in [4.78, 5) is 17.9. The molecule has 0 saturated heterocycles. The molecule has 2 rings (SSSR count). The van der Waals surface area contributed by atoms with Gasteiger partial charge in [0, 0.05) is 5.56 Å². The number of nitrogens with one attached hydrogen (secondary N) is 1. The highest BCUT2D eigenvalue weighted by molar-refractivity contribution is 5.85. The Labute approximate surface area is 187 Å². The number of carbonyl (C=O) groups excluding carboxylic acids is 1. The van der Waals surface area contributed by atoms with Gasteiger partial charge in [-0.3, -0.25) is 4.79 Å². The van der Waals surface area contributed by atoms with Gasteiger partial charge < -0.3 is 14.7 Å². The molecule has 0 unspecified atom stereocenters. The predicted octanol–water partition coefficient (Wildman–Crippen LogP) is 5.02. The van der Waals surface area contributed by atoms with Gasteiger partial charge >= 0.3 is 0 Å². The van der Waals surface area contributed by atoms with Crippen LogP contribution >= 0.6 is 12.4 Å². The fourth-order valence-electron chi connectivity index (χ4n) is 3.24. The van der Waals surface area contributed by atoms with Gasteiger partial charge in [0.2, 0.25) is 17.6 Å². The SMILES string of the molecule is CCCCCCCCCCc1ccc(-c2noc(CNC(=O)CN(C)C)n2)cc1.Cl. The molecule has 6 nitrogen and oxygen atoms in total. The molecule has 0 aliphatic carbocycles. The van der Waals surface area contributed by atoms with E-state index in [2.05, 4.69) is 34.5 Å². The Morgan fingerprint density at radius 3 is 2.27 bits per heavy atom. The number of nitrogens with zero attached hydrogens (tertiary/aromatic N) is 3. The smallest absolute Gasteiger partial charge is 0.246 e. The summed E-state index contributed by atoms with van der Waals surface area (Å²) in [6.45, 7) is 2.84. The normalized spacial score (nSPS) is 10.8. The van der Waals surface area contributed by atoms with Crippen LogP contribution in [0, 0.1) is 0 Å². The van der Waals surface area contributed by atoms with Gasteiger partial charge in [-0.1, -0.05) is 81.3 Å². The van der Waals surface area contributed by atoms with Crippen molar-refractivity contribution >= 4 is 18.3 Å². The summed E-state index contributed by atoms with van der Waals surface area (Å²) in [5.41, 5.74) is 2.28. The third-order valence-electron chi connectivity index (χ3n) is 4.90. The van der Waals surface area contributed by atoms with E-state index in [1.54, 1.807) is 0 Å². The molecular formula is C23H37ClN4O2. The van der Waals surface area contributed by atoms with Gasteiger partial charge in [-0.05, 0) is 32.5 Å². The van der Waals surface area contributed by atoms with Crippen LogP contribution in [0.3, 0.4) is 0 Å². The summed E-state index contributed by atoms with van der Waals surface area (Å²) in [5, 5.41) is 6.80. The molecule has 2 aromatic rings. The lowest BCUT2D eigenvalue weighted by Gasteiger charge is -2.08. The Morgan fingerprint density at radius 1 is 1.00 bits per heavy atom. The summed E-state index contributed by atoms with van der Waals surface area (Å²) in [7, 11) is 3.70. The van der Waals surface area contributed by atoms with Gasteiger partial charge in [0.15, 0.2) is 0 Å². The average molecular weight is 437 g/mol. The Balaban J connectivity index is 0.00000450. The number of benzene rings is 1. The quantitative estimate of drug-likeness (QED) is 0.421. The summed E-state index contributed by atoms with van der Waals surface area (Å²) in [5.74, 6) is 0.899. The summed E-state index contributed by atoms with van der Waals surface area (Å²) in [6, 6.07) is 8.37. The van der Waals surface area contributed by atoms with Crippen LogP contribution in [0.1, 0.15) is 69.7 Å². The molecule has 0 fully saturated rings. The first-order valence-electron chi connectivity index (χ1n) is 10.9. The van der Waals surface area contributed by atoms with Gasteiger partial charge in [0.05, 0.1) is 13.1 Å². The molecule has 1 N–H and O–H groups in total. The highest BCUT2D eigenvalue weighted by Gasteiger charge is 2.10. The monoisotopic (exact) mass is 436 g/mol. The van der Waals surface area contributed by atoms with E-state index in [-0.39, 0.29) is 24.9 Å². The largest absolute Gasteiger partial charge is 0.346 e. The van der Waals surface area contributed by atoms with Crippen LogP contribution < -0.4 is 5.32 Å². The van der Waals surface area contributed by atoms with Crippen LogP contribution in [0.5, 0.6) is 0 Å². The Morgan fingerprint density at radius 2 is 1.63 bits per heavy atom. The summed E-state index contributed by atoms with van der Waals surface area (Å²) < 4.78 is 5.24. The van der Waals surface area contributed by atoms with E-state index in [0.29, 0.717) is 18.3 Å². The lowest BCUT2D eigenvalue weighted by molar-refractivity contribution is -0.121. The van der Waals surface area contributed by atoms with Gasteiger partial charge in [0.1, 0.15) is 0 Å². The molecule has 1 aromatic carbocycles. The van der Waals surface area contributed by atoms with E-state index in [1.165, 1.54) is 56.9 Å². The molecule has 0 saturated carbocycles. The van der Waals surface area contributed by atoms with Crippen LogP contribution in [0.25, 0.3) is 11.4 Å². The molecule has 7 heteroatoms. The number of hydrogen-bond acceptors (Lipinski definition) is 5. The molecule has 30 heavy (non-hydrogen) atoms. The number of halogens is 1. The molecule has 0 radical (unpaired) electrons. The minimum atomic E-state index is -0.0694. The summed E-state index contributed by atoms with van der Waals surface area (Å²) >= 11 is 0. The Hall–Kier alpha value is -1.92.